The van der Waals surface area contributed by atoms with Crippen LogP contribution in [0.1, 0.15) is 30.1 Å². The number of hydrogen-bond donors (Lipinski definition) is 6. The topological polar surface area (TPSA) is 204 Å². The van der Waals surface area contributed by atoms with E-state index in [1.54, 1.807) is 0 Å². The van der Waals surface area contributed by atoms with Gasteiger partial charge in [-0.3, -0.25) is 0 Å². The van der Waals surface area contributed by atoms with Crippen molar-refractivity contribution in [3.63, 3.8) is 0 Å². The fraction of sp³-hybridized carbons (Fsp3) is 0.222. The fourth-order valence-electron chi connectivity index (χ4n) is 2.30. The average molecular weight is 466 g/mol. The predicted molar refractivity (Wildman–Crippen MR) is 113 cm³/mol. The number of ether oxygens (including phenoxy) is 2. The van der Waals surface area contributed by atoms with E-state index < -0.39 is 51.2 Å². The van der Waals surface area contributed by atoms with E-state index >= 15 is 0 Å². The molecular weight excluding hydrogens is 447 g/mol. The van der Waals surface area contributed by atoms with Gasteiger partial charge in [0.15, 0.2) is 35.0 Å². The molecule has 0 spiro atoms. The van der Waals surface area contributed by atoms with Gasteiger partial charge in [0.25, 0.3) is 0 Å². The number of esters is 1. The third-order valence-electron chi connectivity index (χ3n) is 3.94. The molecule has 0 aliphatic carbocycles. The van der Waals surface area contributed by atoms with Crippen LogP contribution in [0.4, 0.5) is 10.5 Å². The highest BCUT2D eigenvalue weighted by Crippen LogP contribution is 2.50. The minimum absolute atomic E-state index is 0.0656. The van der Waals surface area contributed by atoms with Crippen molar-refractivity contribution in [1.29, 1.82) is 0 Å². The average Bonchev–Trinajstić information content (AvgIpc) is 2.78. The standard InChI is InChI=1S/C18H19BN2O10S/c1-2-3-4-28-17(26)7-5-8(20)15(9(6-7)31-32-18(27)30-21)29-16-12(23)10(19)11(22)13(24)14(16)25/h5-6,22-25H,2-4,20-21H2,1H3. The maximum atomic E-state index is 12.3. The van der Waals surface area contributed by atoms with E-state index in [9.17, 15) is 30.0 Å². The molecule has 2 rings (SSSR count). The summed E-state index contributed by atoms with van der Waals surface area (Å²) in [7, 11) is 5.47. The molecule has 14 heteroatoms. The molecule has 0 bridgehead atoms. The third-order valence-corrected chi connectivity index (χ3v) is 4.43. The molecule has 8 N–H and O–H groups in total. The number of phenols is 4. The molecule has 2 radical (unpaired) electrons. The first-order valence-electron chi connectivity index (χ1n) is 8.91. The van der Waals surface area contributed by atoms with Crippen LogP contribution >= 0.6 is 12.0 Å². The summed E-state index contributed by atoms with van der Waals surface area (Å²) < 4.78 is 15.6. The molecule has 0 atom stereocenters. The van der Waals surface area contributed by atoms with Crippen molar-refractivity contribution in [3.8, 4) is 40.2 Å². The quantitative estimate of drug-likeness (QED) is 0.0479. The van der Waals surface area contributed by atoms with E-state index in [2.05, 4.69) is 4.84 Å². The minimum Gasteiger partial charge on any atom is -0.504 e. The van der Waals surface area contributed by atoms with Gasteiger partial charge in [0.05, 0.1) is 17.9 Å². The van der Waals surface area contributed by atoms with Crippen LogP contribution in [-0.2, 0) is 9.57 Å². The number of hydrogen-bond acceptors (Lipinski definition) is 13. The Kier molecular flexibility index (Phi) is 8.15. The minimum atomic E-state index is -1.08. The largest absolute Gasteiger partial charge is 0.504 e. The van der Waals surface area contributed by atoms with E-state index in [-0.39, 0.29) is 35.6 Å². The van der Waals surface area contributed by atoms with Crippen molar-refractivity contribution in [2.75, 3.05) is 12.3 Å². The summed E-state index contributed by atoms with van der Waals surface area (Å²) in [6.07, 6.45) is 1.43. The number of aromatic hydroxyl groups is 4. The Labute approximate surface area is 187 Å². The Bertz CT molecular complexity index is 1000. The first-order valence-corrected chi connectivity index (χ1v) is 9.65. The van der Waals surface area contributed by atoms with Crippen molar-refractivity contribution >= 4 is 42.3 Å². The highest BCUT2D eigenvalue weighted by molar-refractivity contribution is 8.09. The van der Waals surface area contributed by atoms with Crippen molar-refractivity contribution in [3.05, 3.63) is 17.7 Å². The smallest absolute Gasteiger partial charge is 0.425 e. The van der Waals surface area contributed by atoms with Gasteiger partial charge >= 0.3 is 11.3 Å². The van der Waals surface area contributed by atoms with Gasteiger partial charge in [-0.2, -0.15) is 5.90 Å². The number of benzene rings is 2. The van der Waals surface area contributed by atoms with E-state index in [1.165, 1.54) is 0 Å². The molecular formula is C18H19BN2O10S. The van der Waals surface area contributed by atoms with Gasteiger partial charge in [-0.25, -0.2) is 9.59 Å². The molecule has 0 aliphatic rings. The number of anilines is 1. The molecule has 0 saturated carbocycles. The highest BCUT2D eigenvalue weighted by atomic mass is 32.2. The molecule has 0 fully saturated rings. The second-order valence-electron chi connectivity index (χ2n) is 6.16. The van der Waals surface area contributed by atoms with Crippen LogP contribution in [0.5, 0.6) is 40.2 Å². The zero-order chi connectivity index (χ0) is 24.0. The summed E-state index contributed by atoms with van der Waals surface area (Å²) in [6, 6.07) is 2.26. The molecule has 2 aromatic rings. The molecule has 0 heterocycles. The van der Waals surface area contributed by atoms with Crippen molar-refractivity contribution in [2.45, 2.75) is 19.8 Å². The normalized spacial score (nSPS) is 10.4. The summed E-state index contributed by atoms with van der Waals surface area (Å²) in [4.78, 5) is 27.6. The number of carbonyl (C=O) groups is 2. The Balaban J connectivity index is 2.52. The van der Waals surface area contributed by atoms with Crippen LogP contribution in [0, 0.1) is 0 Å². The lowest BCUT2D eigenvalue weighted by Gasteiger charge is -2.18. The second kappa shape index (κ2) is 10.6. The molecule has 170 valence electrons. The highest BCUT2D eigenvalue weighted by Gasteiger charge is 2.26. The van der Waals surface area contributed by atoms with Crippen LogP contribution in [0.2, 0.25) is 0 Å². The van der Waals surface area contributed by atoms with Gasteiger partial charge in [0, 0.05) is 6.07 Å². The number of phenolic OH excluding ortho intramolecular Hbond substituents is 4. The van der Waals surface area contributed by atoms with Crippen LogP contribution in [0.3, 0.4) is 0 Å². The zero-order valence-corrected chi connectivity index (χ0v) is 17.5. The van der Waals surface area contributed by atoms with Crippen molar-refractivity contribution in [2.24, 2.45) is 5.90 Å². The molecule has 0 aromatic heterocycles. The summed E-state index contributed by atoms with van der Waals surface area (Å²) in [5.74, 6) is -1.59. The van der Waals surface area contributed by atoms with Crippen molar-refractivity contribution in [1.82, 2.24) is 0 Å². The monoisotopic (exact) mass is 466 g/mol. The second-order valence-corrected chi connectivity index (χ2v) is 6.82. The van der Waals surface area contributed by atoms with Crippen LogP contribution in [0.25, 0.3) is 0 Å². The van der Waals surface area contributed by atoms with E-state index in [0.29, 0.717) is 6.42 Å². The van der Waals surface area contributed by atoms with Crippen LogP contribution in [-0.4, -0.2) is 46.1 Å². The Hall–Kier alpha value is -3.65. The Morgan fingerprint density at radius 3 is 2.38 bits per heavy atom. The Morgan fingerprint density at radius 1 is 1.06 bits per heavy atom. The number of nitrogens with two attached hydrogens (primary N) is 2. The molecule has 0 amide bonds. The summed E-state index contributed by atoms with van der Waals surface area (Å²) in [5.41, 5.74) is 4.92. The maximum absolute atomic E-state index is 12.3. The fourth-order valence-corrected chi connectivity index (χ4v) is 2.62. The van der Waals surface area contributed by atoms with Crippen molar-refractivity contribution < 1.29 is 48.5 Å². The molecule has 12 nitrogen and oxygen atoms in total. The number of rotatable bonds is 8. The summed E-state index contributed by atoms with van der Waals surface area (Å²) in [6.45, 7) is 2.07. The van der Waals surface area contributed by atoms with E-state index in [0.717, 1.165) is 18.6 Å². The van der Waals surface area contributed by atoms with Gasteiger partial charge in [-0.1, -0.05) is 13.3 Å². The molecule has 2 aromatic carbocycles. The number of nitrogen functional groups attached to an aromatic ring is 1. The van der Waals surface area contributed by atoms with Gasteiger partial charge in [-0.15, -0.1) is 0 Å². The molecule has 32 heavy (non-hydrogen) atoms. The maximum Gasteiger partial charge on any atom is 0.425 e. The number of unbranched alkanes of at least 4 members (excludes halogenated alkanes) is 1. The van der Waals surface area contributed by atoms with E-state index in [1.807, 2.05) is 6.92 Å². The van der Waals surface area contributed by atoms with Gasteiger partial charge in [0.1, 0.15) is 7.85 Å². The lowest BCUT2D eigenvalue weighted by molar-refractivity contribution is 0.0499. The molecule has 0 aliphatic heterocycles. The molecule has 0 unspecified atom stereocenters. The molecule has 0 saturated heterocycles. The summed E-state index contributed by atoms with van der Waals surface area (Å²) >= 11 is 0.109. The van der Waals surface area contributed by atoms with Gasteiger partial charge in [-0.05, 0) is 17.9 Å². The SMILES string of the molecule is [B]c1c(O)c(O)c(O)c(Oc2c(N)cc(C(=O)OCCCC)cc2OSC(=O)ON)c1O. The third kappa shape index (κ3) is 5.33. The first kappa shape index (κ1) is 24.6. The lowest BCUT2D eigenvalue weighted by atomic mass is 9.92. The number of carbonyl (C=O) groups excluding carboxylic acids is 2. The Morgan fingerprint density at radius 2 is 1.75 bits per heavy atom. The predicted octanol–water partition coefficient (Wildman–Crippen LogP) is 1.67. The zero-order valence-electron chi connectivity index (χ0n) is 16.7. The van der Waals surface area contributed by atoms with Crippen LogP contribution < -0.4 is 26.0 Å². The first-order chi connectivity index (χ1) is 15.1. The summed E-state index contributed by atoms with van der Waals surface area (Å²) in [5, 5.41) is 38.5. The van der Waals surface area contributed by atoms with Crippen LogP contribution in [0.15, 0.2) is 12.1 Å². The lowest BCUT2D eigenvalue weighted by Crippen LogP contribution is -2.10. The van der Waals surface area contributed by atoms with Gasteiger partial charge < -0.3 is 44.7 Å². The van der Waals surface area contributed by atoms with E-state index in [4.69, 9.17) is 33.1 Å². The van der Waals surface area contributed by atoms with Gasteiger partial charge in [0.2, 0.25) is 17.2 Å².